The predicted molar refractivity (Wildman–Crippen MR) is 52.2 cm³/mol. The lowest BCUT2D eigenvalue weighted by Crippen LogP contribution is -2.50. The van der Waals surface area contributed by atoms with Crippen molar-refractivity contribution in [3.8, 4) is 0 Å². The van der Waals surface area contributed by atoms with Crippen LogP contribution in [0.2, 0.25) is 0 Å². The van der Waals surface area contributed by atoms with E-state index >= 15 is 0 Å². The van der Waals surface area contributed by atoms with Gasteiger partial charge in [-0.05, 0) is 13.8 Å². The standard InChI is InChI=1S/C9H20N2O2/c1-7(5-10)8(13)11(4)9(2,3)6-12/h7,12H,5-6,10H2,1-4H3. The van der Waals surface area contributed by atoms with Gasteiger partial charge in [-0.2, -0.15) is 0 Å². The number of hydrogen-bond acceptors (Lipinski definition) is 3. The van der Waals surface area contributed by atoms with Gasteiger partial charge in [0.1, 0.15) is 0 Å². The summed E-state index contributed by atoms with van der Waals surface area (Å²) < 4.78 is 0. The molecule has 1 unspecified atom stereocenters. The molecule has 0 radical (unpaired) electrons. The number of nitrogens with zero attached hydrogens (tertiary/aromatic N) is 1. The number of likely N-dealkylation sites (N-methyl/N-ethyl adjacent to an activating group) is 1. The zero-order valence-corrected chi connectivity index (χ0v) is 8.87. The maximum Gasteiger partial charge on any atom is 0.226 e. The second kappa shape index (κ2) is 4.58. The van der Waals surface area contributed by atoms with Crippen LogP contribution in [0.3, 0.4) is 0 Å². The average Bonchev–Trinajstić information content (AvgIpc) is 2.14. The second-order valence-electron chi connectivity index (χ2n) is 4.00. The number of rotatable bonds is 4. The van der Waals surface area contributed by atoms with Crippen LogP contribution in [0, 0.1) is 5.92 Å². The highest BCUT2D eigenvalue weighted by molar-refractivity contribution is 5.79. The molecule has 0 aliphatic heterocycles. The van der Waals surface area contributed by atoms with E-state index in [-0.39, 0.29) is 18.4 Å². The minimum Gasteiger partial charge on any atom is -0.394 e. The van der Waals surface area contributed by atoms with E-state index in [0.717, 1.165) is 0 Å². The number of nitrogens with two attached hydrogens (primary N) is 1. The number of carbonyl (C=O) groups is 1. The van der Waals surface area contributed by atoms with E-state index in [1.54, 1.807) is 18.9 Å². The molecule has 0 spiro atoms. The Balaban J connectivity index is 4.42. The highest BCUT2D eigenvalue weighted by Crippen LogP contribution is 2.13. The fourth-order valence-electron chi connectivity index (χ4n) is 0.836. The lowest BCUT2D eigenvalue weighted by atomic mass is 10.0. The molecule has 0 rings (SSSR count). The third-order valence-corrected chi connectivity index (χ3v) is 2.40. The molecule has 0 saturated heterocycles. The summed E-state index contributed by atoms with van der Waals surface area (Å²) in [5.74, 6) is -0.211. The van der Waals surface area contributed by atoms with E-state index in [4.69, 9.17) is 10.8 Å². The Labute approximate surface area is 79.7 Å². The second-order valence-corrected chi connectivity index (χ2v) is 4.00. The average molecular weight is 188 g/mol. The van der Waals surface area contributed by atoms with Crippen molar-refractivity contribution in [3.05, 3.63) is 0 Å². The predicted octanol–water partition coefficient (Wildman–Crippen LogP) is -0.189. The summed E-state index contributed by atoms with van der Waals surface area (Å²) in [6.07, 6.45) is 0. The Kier molecular flexibility index (Phi) is 4.36. The van der Waals surface area contributed by atoms with Crippen LogP contribution in [0.5, 0.6) is 0 Å². The van der Waals surface area contributed by atoms with Gasteiger partial charge in [-0.1, -0.05) is 6.92 Å². The van der Waals surface area contributed by atoms with Gasteiger partial charge < -0.3 is 15.7 Å². The number of hydrogen-bond donors (Lipinski definition) is 2. The Bertz CT molecular complexity index is 180. The molecule has 0 aromatic heterocycles. The summed E-state index contributed by atoms with van der Waals surface area (Å²) in [6.45, 7) is 5.70. The Hall–Kier alpha value is -0.610. The summed E-state index contributed by atoms with van der Waals surface area (Å²) >= 11 is 0. The van der Waals surface area contributed by atoms with Crippen LogP contribution in [0.25, 0.3) is 0 Å². The van der Waals surface area contributed by atoms with Crippen LogP contribution in [0.1, 0.15) is 20.8 Å². The Morgan fingerprint density at radius 1 is 1.62 bits per heavy atom. The first-order valence-electron chi connectivity index (χ1n) is 4.45. The number of carbonyl (C=O) groups excluding carboxylic acids is 1. The first-order valence-corrected chi connectivity index (χ1v) is 4.45. The zero-order chi connectivity index (χ0) is 10.6. The number of aliphatic hydroxyl groups excluding tert-OH is 1. The maximum atomic E-state index is 11.6. The van der Waals surface area contributed by atoms with Crippen molar-refractivity contribution >= 4 is 5.91 Å². The van der Waals surface area contributed by atoms with Gasteiger partial charge in [0, 0.05) is 19.5 Å². The lowest BCUT2D eigenvalue weighted by molar-refractivity contribution is -0.139. The number of aliphatic hydroxyl groups is 1. The Morgan fingerprint density at radius 3 is 2.38 bits per heavy atom. The van der Waals surface area contributed by atoms with Gasteiger partial charge in [-0.25, -0.2) is 0 Å². The minimum absolute atomic E-state index is 0.0263. The SMILES string of the molecule is CC(CN)C(=O)N(C)C(C)(C)CO. The van der Waals surface area contributed by atoms with Gasteiger partial charge >= 0.3 is 0 Å². The monoisotopic (exact) mass is 188 g/mol. The molecule has 3 N–H and O–H groups in total. The van der Waals surface area contributed by atoms with E-state index in [1.165, 1.54) is 0 Å². The molecule has 1 atom stereocenters. The molecule has 4 heteroatoms. The first kappa shape index (κ1) is 12.4. The maximum absolute atomic E-state index is 11.6. The topological polar surface area (TPSA) is 66.6 Å². The van der Waals surface area contributed by atoms with Crippen LogP contribution < -0.4 is 5.73 Å². The van der Waals surface area contributed by atoms with Gasteiger partial charge in [-0.15, -0.1) is 0 Å². The first-order chi connectivity index (χ1) is 5.86. The molecule has 4 nitrogen and oxygen atoms in total. The summed E-state index contributed by atoms with van der Waals surface area (Å²) in [7, 11) is 1.69. The van der Waals surface area contributed by atoms with Crippen molar-refractivity contribution in [3.63, 3.8) is 0 Å². The van der Waals surface area contributed by atoms with Crippen LogP contribution >= 0.6 is 0 Å². The third kappa shape index (κ3) is 2.97. The van der Waals surface area contributed by atoms with E-state index in [9.17, 15) is 4.79 Å². The summed E-state index contributed by atoms with van der Waals surface area (Å²) in [4.78, 5) is 13.2. The third-order valence-electron chi connectivity index (χ3n) is 2.40. The van der Waals surface area contributed by atoms with Crippen molar-refractivity contribution in [2.75, 3.05) is 20.2 Å². The van der Waals surface area contributed by atoms with E-state index < -0.39 is 5.54 Å². The fourth-order valence-corrected chi connectivity index (χ4v) is 0.836. The zero-order valence-electron chi connectivity index (χ0n) is 8.87. The molecule has 0 aromatic carbocycles. The van der Waals surface area contributed by atoms with Crippen molar-refractivity contribution in [1.82, 2.24) is 4.90 Å². The largest absolute Gasteiger partial charge is 0.394 e. The molecule has 13 heavy (non-hydrogen) atoms. The molecule has 0 bridgehead atoms. The molecule has 0 aliphatic carbocycles. The van der Waals surface area contributed by atoms with Crippen LogP contribution in [-0.2, 0) is 4.79 Å². The van der Waals surface area contributed by atoms with Gasteiger partial charge in [0.15, 0.2) is 0 Å². The van der Waals surface area contributed by atoms with Crippen LogP contribution in [0.4, 0.5) is 0 Å². The van der Waals surface area contributed by atoms with Crippen LogP contribution in [0.15, 0.2) is 0 Å². The quantitative estimate of drug-likeness (QED) is 0.642. The van der Waals surface area contributed by atoms with Gasteiger partial charge in [0.25, 0.3) is 0 Å². The molecular weight excluding hydrogens is 168 g/mol. The van der Waals surface area contributed by atoms with Crippen molar-refractivity contribution in [2.24, 2.45) is 11.7 Å². The molecule has 0 saturated carbocycles. The van der Waals surface area contributed by atoms with Gasteiger partial charge in [0.2, 0.25) is 5.91 Å². The Morgan fingerprint density at radius 2 is 2.08 bits per heavy atom. The van der Waals surface area contributed by atoms with Crippen molar-refractivity contribution < 1.29 is 9.90 Å². The molecule has 1 amide bonds. The fraction of sp³-hybridized carbons (Fsp3) is 0.889. The molecule has 78 valence electrons. The van der Waals surface area contributed by atoms with Gasteiger partial charge in [0.05, 0.1) is 12.1 Å². The normalized spacial score (nSPS) is 14.0. The van der Waals surface area contributed by atoms with E-state index in [2.05, 4.69) is 0 Å². The smallest absolute Gasteiger partial charge is 0.226 e. The summed E-state index contributed by atoms with van der Waals surface area (Å²) in [6, 6.07) is 0. The lowest BCUT2D eigenvalue weighted by Gasteiger charge is -2.35. The van der Waals surface area contributed by atoms with E-state index in [1.807, 2.05) is 13.8 Å². The highest BCUT2D eigenvalue weighted by Gasteiger charge is 2.28. The van der Waals surface area contributed by atoms with E-state index in [0.29, 0.717) is 6.54 Å². The highest BCUT2D eigenvalue weighted by atomic mass is 16.3. The van der Waals surface area contributed by atoms with Crippen molar-refractivity contribution in [2.45, 2.75) is 26.3 Å². The van der Waals surface area contributed by atoms with Gasteiger partial charge in [-0.3, -0.25) is 4.79 Å². The summed E-state index contributed by atoms with van der Waals surface area (Å²) in [5.41, 5.74) is 4.87. The molecule has 0 heterocycles. The number of amides is 1. The molecular formula is C9H20N2O2. The summed E-state index contributed by atoms with van der Waals surface area (Å²) in [5, 5.41) is 9.04. The van der Waals surface area contributed by atoms with Crippen molar-refractivity contribution in [1.29, 1.82) is 0 Å². The molecule has 0 aromatic rings. The molecule has 0 aliphatic rings. The van der Waals surface area contributed by atoms with Crippen LogP contribution in [-0.4, -0.2) is 41.7 Å². The molecule has 0 fully saturated rings. The minimum atomic E-state index is -0.513.